The van der Waals surface area contributed by atoms with Gasteiger partial charge in [0.05, 0.1) is 41.3 Å². The number of ketones is 3. The van der Waals surface area contributed by atoms with Gasteiger partial charge in [-0.1, -0.05) is 66.7 Å². The van der Waals surface area contributed by atoms with Crippen LogP contribution in [-0.4, -0.2) is 110 Å². The lowest BCUT2D eigenvalue weighted by molar-refractivity contribution is -0.116. The molecule has 0 aromatic heterocycles. The molecule has 5 bridgehead atoms. The standard InChI is InChI=1S/C43H59N3O10/c1-21(2)20-45-15-17-46(18-16-45)33-32-38(51)30-29(39(33)52)31-40(28(9)37(30)50)56-43(10,41(31)53)55-19-14-22(3)25(6)35(48)27(8)36(49)26(7)34(47)23(4)12-11-13-24(5)42(54)44-32/h11-14,19,21-23,25-27,34-36,47-50H,15-18,20H2,1-10H3,(H,44,54)/b12-11+,19-14+,24-13-/t22-,23-,25+,26+,27-,34-,35+,36+,43-/m0/s1. The molecule has 0 unspecified atom stereocenters. The van der Waals surface area contributed by atoms with Gasteiger partial charge < -0.3 is 40.1 Å². The van der Waals surface area contributed by atoms with Crippen LogP contribution in [0.5, 0.6) is 11.5 Å². The zero-order chi connectivity index (χ0) is 41.5. The number of phenolic OH excluding ortho intramolecular Hbond substituents is 1. The van der Waals surface area contributed by atoms with E-state index in [9.17, 15) is 39.6 Å². The molecule has 13 heteroatoms. The Morgan fingerprint density at radius 1 is 0.821 bits per heavy atom. The molecule has 9 atom stereocenters. The number of carbonyl (C=O) groups excluding carboxylic acids is 4. The number of piperazine rings is 1. The molecule has 5 N–H and O–H groups in total. The van der Waals surface area contributed by atoms with E-state index >= 15 is 0 Å². The number of rotatable bonds is 3. The van der Waals surface area contributed by atoms with Crippen LogP contribution < -0.4 is 10.1 Å². The summed E-state index contributed by atoms with van der Waals surface area (Å²) in [5.41, 5.74) is -1.04. The molecule has 1 amide bonds. The SMILES string of the molecule is C/C1=C/C=C/[C@H](C)[C@H](O)[C@@H](C)[C@@H](O)[C@@H](C)[C@H](O)[C@H](C)[C@@H](C)/C=C/O[C@@]2(C)Oc3c(C)c(O)c4c(c3C2=O)C(=O)C(N2CCN(CC(C)C)CC2)=C(NC1=O)C4=O. The Balaban J connectivity index is 1.64. The van der Waals surface area contributed by atoms with Crippen molar-refractivity contribution in [3.05, 3.63) is 69.8 Å². The lowest BCUT2D eigenvalue weighted by atomic mass is 9.77. The van der Waals surface area contributed by atoms with E-state index in [-0.39, 0.29) is 45.3 Å². The van der Waals surface area contributed by atoms with Gasteiger partial charge in [0, 0.05) is 68.5 Å². The van der Waals surface area contributed by atoms with Crippen molar-refractivity contribution in [1.82, 2.24) is 15.1 Å². The van der Waals surface area contributed by atoms with Gasteiger partial charge in [-0.15, -0.1) is 0 Å². The molecule has 1 aromatic rings. The molecule has 4 aliphatic heterocycles. The summed E-state index contributed by atoms with van der Waals surface area (Å²) in [6.45, 7) is 20.3. The summed E-state index contributed by atoms with van der Waals surface area (Å²) in [7, 11) is 0. The maximum Gasteiger partial charge on any atom is 0.312 e. The number of nitrogens with zero attached hydrogens (tertiary/aromatic N) is 2. The molecule has 0 radical (unpaired) electrons. The number of hydrogen-bond donors (Lipinski definition) is 5. The van der Waals surface area contributed by atoms with E-state index in [1.807, 2.05) is 13.8 Å². The third-order valence-corrected chi connectivity index (χ3v) is 12.1. The first-order valence-electron chi connectivity index (χ1n) is 19.7. The van der Waals surface area contributed by atoms with Crippen molar-refractivity contribution in [2.24, 2.45) is 35.5 Å². The molecule has 306 valence electrons. The minimum atomic E-state index is -1.98. The van der Waals surface area contributed by atoms with E-state index in [1.54, 1.807) is 43.9 Å². The van der Waals surface area contributed by atoms with Crippen molar-refractivity contribution >= 4 is 23.3 Å². The van der Waals surface area contributed by atoms with E-state index in [4.69, 9.17) is 9.47 Å². The van der Waals surface area contributed by atoms with E-state index in [0.717, 1.165) is 6.54 Å². The number of benzene rings is 1. The quantitative estimate of drug-likeness (QED) is 0.294. The first-order valence-corrected chi connectivity index (χ1v) is 19.7. The number of amides is 1. The summed E-state index contributed by atoms with van der Waals surface area (Å²) in [6.07, 6.45) is 4.73. The lowest BCUT2D eigenvalue weighted by Crippen LogP contribution is -2.50. The van der Waals surface area contributed by atoms with E-state index in [0.29, 0.717) is 32.1 Å². The first kappa shape index (κ1) is 42.8. The van der Waals surface area contributed by atoms with Crippen LogP contribution in [-0.2, 0) is 9.53 Å². The zero-order valence-corrected chi connectivity index (χ0v) is 34.3. The highest BCUT2D eigenvalue weighted by Crippen LogP contribution is 2.49. The number of hydrogen-bond acceptors (Lipinski definition) is 12. The maximum absolute atomic E-state index is 14.8. The number of phenols is 1. The second kappa shape index (κ2) is 16.7. The van der Waals surface area contributed by atoms with Crippen LogP contribution in [0.4, 0.5) is 0 Å². The first-order chi connectivity index (χ1) is 26.2. The maximum atomic E-state index is 14.8. The number of allylic oxidation sites excluding steroid dienone is 5. The fraction of sp³-hybridized carbons (Fsp3) is 0.581. The average molecular weight is 778 g/mol. The Labute approximate surface area is 329 Å². The number of aliphatic hydroxyl groups is 3. The van der Waals surface area contributed by atoms with Gasteiger partial charge in [-0.3, -0.25) is 24.1 Å². The van der Waals surface area contributed by atoms with Gasteiger partial charge in [0.15, 0.2) is 0 Å². The van der Waals surface area contributed by atoms with Crippen LogP contribution in [0, 0.1) is 42.4 Å². The Bertz CT molecular complexity index is 1870. The number of ether oxygens (including phenoxy) is 2. The number of carbonyl (C=O) groups is 4. The number of aromatic hydroxyl groups is 1. The third-order valence-electron chi connectivity index (χ3n) is 12.1. The van der Waals surface area contributed by atoms with E-state index in [1.165, 1.54) is 33.1 Å². The summed E-state index contributed by atoms with van der Waals surface area (Å²) in [5, 5.41) is 47.9. The number of fused-ring (bicyclic) bond motifs is 14. The van der Waals surface area contributed by atoms with Crippen molar-refractivity contribution in [3.63, 3.8) is 0 Å². The van der Waals surface area contributed by atoms with E-state index < -0.39 is 82.3 Å². The van der Waals surface area contributed by atoms with Crippen molar-refractivity contribution in [1.29, 1.82) is 0 Å². The lowest BCUT2D eigenvalue weighted by Gasteiger charge is -2.39. The highest BCUT2D eigenvalue weighted by molar-refractivity contribution is 6.32. The van der Waals surface area contributed by atoms with Gasteiger partial charge in [0.25, 0.3) is 11.7 Å². The molecular weight excluding hydrogens is 718 g/mol. The fourth-order valence-electron chi connectivity index (χ4n) is 8.13. The number of Topliss-reactive ketones (excluding diaryl/α,β-unsaturated/α-hetero) is 3. The minimum absolute atomic E-state index is 0.0518. The van der Waals surface area contributed by atoms with Gasteiger partial charge in [-0.05, 0) is 37.7 Å². The average Bonchev–Trinajstić information content (AvgIpc) is 3.42. The molecule has 1 aromatic carbocycles. The summed E-state index contributed by atoms with van der Waals surface area (Å²) in [4.78, 5) is 61.5. The third kappa shape index (κ3) is 7.96. The van der Waals surface area contributed by atoms with Crippen molar-refractivity contribution in [2.45, 2.75) is 93.3 Å². The Morgan fingerprint density at radius 2 is 1.43 bits per heavy atom. The fourth-order valence-corrected chi connectivity index (χ4v) is 8.13. The van der Waals surface area contributed by atoms with Crippen LogP contribution in [0.1, 0.15) is 99.0 Å². The van der Waals surface area contributed by atoms with Crippen LogP contribution in [0.15, 0.2) is 47.5 Å². The topological polar surface area (TPSA) is 186 Å². The molecule has 0 spiro atoms. The summed E-state index contributed by atoms with van der Waals surface area (Å²) in [5.74, 6) is -7.53. The zero-order valence-electron chi connectivity index (χ0n) is 34.3. The van der Waals surface area contributed by atoms with Gasteiger partial charge in [0.2, 0.25) is 11.6 Å². The van der Waals surface area contributed by atoms with Crippen LogP contribution in [0.3, 0.4) is 0 Å². The smallest absolute Gasteiger partial charge is 0.312 e. The molecule has 56 heavy (non-hydrogen) atoms. The predicted octanol–water partition coefficient (Wildman–Crippen LogP) is 4.28. The Morgan fingerprint density at radius 3 is 2.05 bits per heavy atom. The predicted molar refractivity (Wildman–Crippen MR) is 210 cm³/mol. The van der Waals surface area contributed by atoms with Crippen LogP contribution in [0.25, 0.3) is 0 Å². The molecule has 13 nitrogen and oxygen atoms in total. The van der Waals surface area contributed by atoms with Crippen LogP contribution in [0.2, 0.25) is 0 Å². The molecule has 1 saturated heterocycles. The van der Waals surface area contributed by atoms with Gasteiger partial charge in [-0.25, -0.2) is 0 Å². The summed E-state index contributed by atoms with van der Waals surface area (Å²) < 4.78 is 12.1. The number of nitrogens with one attached hydrogen (secondary N) is 1. The molecular formula is C43H59N3O10. The van der Waals surface area contributed by atoms with Crippen molar-refractivity contribution < 1.29 is 49.1 Å². The van der Waals surface area contributed by atoms with Gasteiger partial charge >= 0.3 is 5.79 Å². The normalized spacial score (nSPS) is 34.5. The Hall–Kier alpha value is -4.30. The molecule has 1 aliphatic carbocycles. The largest absolute Gasteiger partial charge is 0.507 e. The van der Waals surface area contributed by atoms with E-state index in [2.05, 4.69) is 24.1 Å². The molecule has 5 aliphatic rings. The van der Waals surface area contributed by atoms with Crippen LogP contribution >= 0.6 is 0 Å². The number of aliphatic hydroxyl groups excluding tert-OH is 3. The second-order valence-electron chi connectivity index (χ2n) is 16.8. The molecule has 6 rings (SSSR count). The van der Waals surface area contributed by atoms with Crippen molar-refractivity contribution in [3.8, 4) is 11.5 Å². The Kier molecular flexibility index (Phi) is 12.7. The summed E-state index contributed by atoms with van der Waals surface area (Å²) in [6, 6.07) is 0. The molecule has 1 fully saturated rings. The van der Waals surface area contributed by atoms with Gasteiger partial charge in [0.1, 0.15) is 22.9 Å². The molecule has 0 saturated carbocycles. The highest BCUT2D eigenvalue weighted by atomic mass is 16.7. The van der Waals surface area contributed by atoms with Crippen molar-refractivity contribution in [2.75, 3.05) is 32.7 Å². The highest BCUT2D eigenvalue weighted by Gasteiger charge is 2.53. The monoisotopic (exact) mass is 777 g/mol. The second-order valence-corrected chi connectivity index (χ2v) is 16.8. The van der Waals surface area contributed by atoms with Gasteiger partial charge in [-0.2, -0.15) is 0 Å². The molecule has 4 heterocycles. The summed E-state index contributed by atoms with van der Waals surface area (Å²) >= 11 is 0. The minimum Gasteiger partial charge on any atom is -0.507 e.